The highest BCUT2D eigenvalue weighted by Gasteiger charge is 2.39. The molecule has 0 spiro atoms. The van der Waals surface area contributed by atoms with E-state index >= 15 is 0 Å². The van der Waals surface area contributed by atoms with Gasteiger partial charge in [-0.3, -0.25) is 9.78 Å². The van der Waals surface area contributed by atoms with Crippen LogP contribution < -0.4 is 10.2 Å². The van der Waals surface area contributed by atoms with E-state index in [1.807, 2.05) is 6.07 Å². The number of pyridine rings is 1. The van der Waals surface area contributed by atoms with Gasteiger partial charge < -0.3 is 15.3 Å². The van der Waals surface area contributed by atoms with E-state index in [1.165, 1.54) is 21.9 Å². The lowest BCUT2D eigenvalue weighted by Gasteiger charge is -2.17. The van der Waals surface area contributed by atoms with Gasteiger partial charge in [0.1, 0.15) is 10.7 Å². The van der Waals surface area contributed by atoms with Crippen molar-refractivity contribution in [1.82, 2.24) is 20.2 Å². The number of hydrogen-bond donors (Lipinski definition) is 2. The minimum absolute atomic E-state index is 0.126. The summed E-state index contributed by atoms with van der Waals surface area (Å²) in [6.45, 7) is 2.52. The van der Waals surface area contributed by atoms with Crippen LogP contribution in [0.25, 0.3) is 0 Å². The highest BCUT2D eigenvalue weighted by atomic mass is 32.1. The molecule has 0 radical (unpaired) electrons. The average Bonchev–Trinajstić information content (AvgIpc) is 3.30. The van der Waals surface area contributed by atoms with Gasteiger partial charge in [-0.25, -0.2) is 19.1 Å². The number of nitrogens with one attached hydrogen (secondary N) is 1. The van der Waals surface area contributed by atoms with Gasteiger partial charge in [-0.15, -0.1) is 0 Å². The quantitative estimate of drug-likeness (QED) is 0.571. The summed E-state index contributed by atoms with van der Waals surface area (Å²) in [7, 11) is 0. The molecule has 3 amide bonds. The van der Waals surface area contributed by atoms with Gasteiger partial charge in [-0.2, -0.15) is 0 Å². The Labute approximate surface area is 188 Å². The number of carbonyl (C=O) groups is 2. The molecule has 0 saturated carbocycles. The second-order valence-corrected chi connectivity index (χ2v) is 8.39. The number of nitrogens with zero attached hydrogens (tertiary/aromatic N) is 4. The van der Waals surface area contributed by atoms with Gasteiger partial charge in [0.25, 0.3) is 5.91 Å². The molecule has 166 valence electrons. The highest BCUT2D eigenvalue weighted by molar-refractivity contribution is 7.17. The summed E-state index contributed by atoms with van der Waals surface area (Å²) in [6, 6.07) is 9.37. The Morgan fingerprint density at radius 3 is 2.78 bits per heavy atom. The number of hydrogen-bond acceptors (Lipinski definition) is 6. The predicted molar refractivity (Wildman–Crippen MR) is 118 cm³/mol. The fourth-order valence-electron chi connectivity index (χ4n) is 3.41. The lowest BCUT2D eigenvalue weighted by molar-refractivity contribution is 0.0954. The van der Waals surface area contributed by atoms with Gasteiger partial charge in [-0.05, 0) is 42.7 Å². The van der Waals surface area contributed by atoms with Gasteiger partial charge in [0.15, 0.2) is 11.4 Å². The third-order valence-corrected chi connectivity index (χ3v) is 6.27. The maximum absolute atomic E-state index is 13.1. The molecule has 1 fully saturated rings. The molecule has 32 heavy (non-hydrogen) atoms. The molecule has 1 aromatic carbocycles. The van der Waals surface area contributed by atoms with Crippen LogP contribution >= 0.6 is 11.3 Å². The SMILES string of the molecule is Cc1nc(N2C(=O)N(CCc3ccc(F)cc3)CC2O)sc1C(=O)NCc1cccnc1. The maximum atomic E-state index is 13.1. The normalized spacial score (nSPS) is 16.0. The second-order valence-electron chi connectivity index (χ2n) is 7.41. The first-order valence-electron chi connectivity index (χ1n) is 10.1. The number of thiazole rings is 1. The number of β-amino-alcohol motifs (C(OH)–C–C–N with tert-alkyl or cyclic N) is 1. The van der Waals surface area contributed by atoms with E-state index < -0.39 is 6.23 Å². The first-order chi connectivity index (χ1) is 15.4. The number of carbonyl (C=O) groups excluding carboxylic acids is 2. The number of anilines is 1. The number of aromatic nitrogens is 2. The minimum Gasteiger partial charge on any atom is -0.371 e. The summed E-state index contributed by atoms with van der Waals surface area (Å²) in [5.41, 5.74) is 2.24. The zero-order chi connectivity index (χ0) is 22.7. The Bertz CT molecular complexity index is 1110. The third kappa shape index (κ3) is 4.76. The van der Waals surface area contributed by atoms with Crippen LogP contribution in [0.1, 0.15) is 26.5 Å². The molecule has 2 aromatic heterocycles. The molecule has 1 unspecified atom stereocenters. The van der Waals surface area contributed by atoms with Gasteiger partial charge in [0, 0.05) is 25.5 Å². The summed E-state index contributed by atoms with van der Waals surface area (Å²) in [4.78, 5) is 37.0. The van der Waals surface area contributed by atoms with Crippen molar-refractivity contribution in [3.8, 4) is 0 Å². The number of urea groups is 1. The van der Waals surface area contributed by atoms with Crippen LogP contribution in [-0.4, -0.2) is 51.2 Å². The second kappa shape index (κ2) is 9.41. The van der Waals surface area contributed by atoms with Crippen molar-refractivity contribution < 1.29 is 19.1 Å². The zero-order valence-electron chi connectivity index (χ0n) is 17.4. The van der Waals surface area contributed by atoms with Crippen molar-refractivity contribution >= 4 is 28.4 Å². The highest BCUT2D eigenvalue weighted by Crippen LogP contribution is 2.31. The molecule has 1 saturated heterocycles. The molecule has 0 bridgehead atoms. The number of aliphatic hydroxyl groups excluding tert-OH is 1. The average molecular weight is 456 g/mol. The Kier molecular flexibility index (Phi) is 6.42. The standard InChI is InChI=1S/C22H22FN5O3S/c1-14-19(20(30)25-12-16-3-2-9-24-11-16)32-21(26-14)28-18(29)13-27(22(28)31)10-8-15-4-6-17(23)7-5-15/h2-7,9,11,18,29H,8,10,12-13H2,1H3,(H,25,30). The van der Waals surface area contributed by atoms with E-state index in [2.05, 4.69) is 15.3 Å². The van der Waals surface area contributed by atoms with Crippen LogP contribution in [0.15, 0.2) is 48.8 Å². The van der Waals surface area contributed by atoms with Gasteiger partial charge in [-0.1, -0.05) is 29.5 Å². The van der Waals surface area contributed by atoms with Crippen molar-refractivity contribution in [2.24, 2.45) is 0 Å². The van der Waals surface area contributed by atoms with Crippen molar-refractivity contribution in [3.05, 3.63) is 76.3 Å². The first-order valence-corrected chi connectivity index (χ1v) is 10.9. The van der Waals surface area contributed by atoms with Crippen LogP contribution in [0.4, 0.5) is 14.3 Å². The molecular weight excluding hydrogens is 433 g/mol. The number of rotatable bonds is 7. The predicted octanol–water partition coefficient (Wildman–Crippen LogP) is 2.72. The van der Waals surface area contributed by atoms with E-state index in [0.29, 0.717) is 30.1 Å². The minimum atomic E-state index is -1.06. The fourth-order valence-corrected chi connectivity index (χ4v) is 4.43. The van der Waals surface area contributed by atoms with Crippen molar-refractivity contribution in [1.29, 1.82) is 0 Å². The topological polar surface area (TPSA) is 98.7 Å². The molecule has 4 rings (SSSR count). The molecule has 2 N–H and O–H groups in total. The fraction of sp³-hybridized carbons (Fsp3) is 0.273. The molecule has 3 aromatic rings. The largest absolute Gasteiger partial charge is 0.371 e. The third-order valence-electron chi connectivity index (χ3n) is 5.12. The van der Waals surface area contributed by atoms with Crippen LogP contribution in [0.5, 0.6) is 0 Å². The summed E-state index contributed by atoms with van der Waals surface area (Å²) < 4.78 is 13.1. The van der Waals surface area contributed by atoms with Gasteiger partial charge in [0.05, 0.1) is 12.2 Å². The molecule has 8 nitrogen and oxygen atoms in total. The van der Waals surface area contributed by atoms with Gasteiger partial charge in [0.2, 0.25) is 0 Å². The van der Waals surface area contributed by atoms with E-state index in [9.17, 15) is 19.1 Å². The Balaban J connectivity index is 1.41. The van der Waals surface area contributed by atoms with Crippen LogP contribution in [0.2, 0.25) is 0 Å². The Hall–Kier alpha value is -3.37. The lowest BCUT2D eigenvalue weighted by Crippen LogP contribution is -2.35. The smallest absolute Gasteiger partial charge is 0.328 e. The molecule has 3 heterocycles. The van der Waals surface area contributed by atoms with Crippen LogP contribution in [-0.2, 0) is 13.0 Å². The molecule has 0 aliphatic carbocycles. The summed E-state index contributed by atoms with van der Waals surface area (Å²) >= 11 is 1.06. The van der Waals surface area contributed by atoms with Crippen LogP contribution in [0, 0.1) is 12.7 Å². The monoisotopic (exact) mass is 455 g/mol. The Morgan fingerprint density at radius 1 is 1.28 bits per heavy atom. The van der Waals surface area contributed by atoms with E-state index in [-0.39, 0.29) is 29.4 Å². The summed E-state index contributed by atoms with van der Waals surface area (Å²) in [5.74, 6) is -0.614. The Morgan fingerprint density at radius 2 is 2.06 bits per heavy atom. The molecule has 10 heteroatoms. The lowest BCUT2D eigenvalue weighted by atomic mass is 10.1. The molecule has 1 atom stereocenters. The molecular formula is C22H22FN5O3S. The van der Waals surface area contributed by atoms with Crippen molar-refractivity contribution in [2.45, 2.75) is 26.1 Å². The summed E-state index contributed by atoms with van der Waals surface area (Å²) in [5, 5.41) is 13.6. The first kappa shape index (κ1) is 21.8. The van der Waals surface area contributed by atoms with E-state index in [0.717, 1.165) is 22.5 Å². The van der Waals surface area contributed by atoms with Crippen molar-refractivity contribution in [3.63, 3.8) is 0 Å². The number of aliphatic hydroxyl groups is 1. The number of halogens is 1. The van der Waals surface area contributed by atoms with E-state index in [1.54, 1.807) is 37.5 Å². The number of aryl methyl sites for hydroxylation is 1. The number of amides is 3. The maximum Gasteiger partial charge on any atom is 0.328 e. The molecule has 1 aliphatic heterocycles. The number of benzene rings is 1. The zero-order valence-corrected chi connectivity index (χ0v) is 18.2. The van der Waals surface area contributed by atoms with Crippen molar-refractivity contribution in [2.75, 3.05) is 18.0 Å². The summed E-state index contributed by atoms with van der Waals surface area (Å²) in [6.07, 6.45) is 2.80. The molecule has 1 aliphatic rings. The van der Waals surface area contributed by atoms with Gasteiger partial charge >= 0.3 is 6.03 Å². The van der Waals surface area contributed by atoms with Crippen LogP contribution in [0.3, 0.4) is 0 Å². The van der Waals surface area contributed by atoms with E-state index in [4.69, 9.17) is 0 Å².